The number of amides is 2. The molecule has 0 aliphatic carbocycles. The minimum absolute atomic E-state index is 0.0139. The second-order valence-electron chi connectivity index (χ2n) is 5.68. The van der Waals surface area contributed by atoms with Gasteiger partial charge in [-0.05, 0) is 42.5 Å². The molecule has 0 saturated carbocycles. The molecule has 11 heteroatoms. The predicted molar refractivity (Wildman–Crippen MR) is 111 cm³/mol. The van der Waals surface area contributed by atoms with E-state index in [4.69, 9.17) is 27.9 Å². The topological polar surface area (TPSA) is 115 Å². The zero-order valence-corrected chi connectivity index (χ0v) is 17.2. The molecule has 30 heavy (non-hydrogen) atoms. The molecule has 1 N–H and O–H groups in total. The van der Waals surface area contributed by atoms with Crippen LogP contribution in [-0.4, -0.2) is 25.4 Å². The van der Waals surface area contributed by atoms with Gasteiger partial charge in [-0.15, -0.1) is 0 Å². The third-order valence-electron chi connectivity index (χ3n) is 3.70. The Balaban J connectivity index is 1.79. The summed E-state index contributed by atoms with van der Waals surface area (Å²) in [6.45, 7) is 0. The highest BCUT2D eigenvalue weighted by atomic mass is 35.5. The monoisotopic (exact) mass is 463 g/mol. The fourth-order valence-corrected chi connectivity index (χ4v) is 3.07. The van der Waals surface area contributed by atoms with Crippen molar-refractivity contribution in [3.8, 4) is 17.0 Å². The van der Waals surface area contributed by atoms with Crippen LogP contribution >= 0.6 is 23.2 Å². The highest BCUT2D eigenvalue weighted by Crippen LogP contribution is 2.30. The van der Waals surface area contributed by atoms with Crippen LogP contribution in [0.15, 0.2) is 65.2 Å². The van der Waals surface area contributed by atoms with Crippen molar-refractivity contribution in [2.45, 2.75) is 0 Å². The maximum atomic E-state index is 12.6. The largest absolute Gasteiger partial charge is 0.454 e. The molecule has 0 bridgehead atoms. The van der Waals surface area contributed by atoms with Crippen LogP contribution in [0, 0.1) is 0 Å². The van der Waals surface area contributed by atoms with Crippen LogP contribution in [0.1, 0.15) is 10.4 Å². The molecule has 1 heterocycles. The smallest absolute Gasteiger partial charge is 0.408 e. The summed E-state index contributed by atoms with van der Waals surface area (Å²) in [5.74, 6) is -0.586. The second-order valence-corrected chi connectivity index (χ2v) is 7.11. The average molecular weight is 464 g/mol. The Hall–Kier alpha value is -3.27. The van der Waals surface area contributed by atoms with Crippen molar-refractivity contribution in [1.82, 2.24) is 4.98 Å². The number of halogens is 2. The molecule has 0 aliphatic rings. The van der Waals surface area contributed by atoms with E-state index in [1.54, 1.807) is 36.5 Å². The van der Waals surface area contributed by atoms with Gasteiger partial charge in [-0.1, -0.05) is 33.6 Å². The van der Waals surface area contributed by atoms with E-state index < -0.39 is 22.5 Å². The number of rotatable bonds is 4. The standard InChI is InChI=1S/C19H11Cl2N3O5S/c20-15-7-4-11(9-14(15)17-3-1-2-8-22-17)23-18(25)13-6-5-12(10-16(13)21)29-19(26)24-30(27)28/h1-10H,(H,23,25). The van der Waals surface area contributed by atoms with Crippen LogP contribution in [0.3, 0.4) is 0 Å². The number of anilines is 1. The van der Waals surface area contributed by atoms with Gasteiger partial charge in [0.25, 0.3) is 5.91 Å². The lowest BCUT2D eigenvalue weighted by Crippen LogP contribution is -2.13. The lowest BCUT2D eigenvalue weighted by molar-refractivity contribution is 0.102. The number of ether oxygens (including phenoxy) is 1. The number of aromatic nitrogens is 1. The molecule has 152 valence electrons. The summed E-state index contributed by atoms with van der Waals surface area (Å²) in [7, 11) is -2.94. The first-order valence-corrected chi connectivity index (χ1v) is 9.97. The van der Waals surface area contributed by atoms with E-state index in [1.807, 2.05) is 6.07 Å². The van der Waals surface area contributed by atoms with Gasteiger partial charge in [-0.25, -0.2) is 4.79 Å². The first kappa shape index (κ1) is 21.4. The van der Waals surface area contributed by atoms with Gasteiger partial charge < -0.3 is 10.1 Å². The highest BCUT2D eigenvalue weighted by molar-refractivity contribution is 7.62. The number of pyridine rings is 1. The molecular weight excluding hydrogens is 453 g/mol. The van der Waals surface area contributed by atoms with Crippen molar-refractivity contribution >= 4 is 51.4 Å². The van der Waals surface area contributed by atoms with Gasteiger partial charge in [0.05, 0.1) is 21.3 Å². The first-order chi connectivity index (χ1) is 14.3. The van der Waals surface area contributed by atoms with E-state index >= 15 is 0 Å². The minimum atomic E-state index is -2.94. The summed E-state index contributed by atoms with van der Waals surface area (Å²) < 4.78 is 28.1. The Labute approximate surface area is 182 Å². The van der Waals surface area contributed by atoms with Gasteiger partial charge >= 0.3 is 16.6 Å². The van der Waals surface area contributed by atoms with Crippen LogP contribution < -0.4 is 10.1 Å². The average Bonchev–Trinajstić information content (AvgIpc) is 2.69. The van der Waals surface area contributed by atoms with Crippen LogP contribution in [0.2, 0.25) is 10.0 Å². The summed E-state index contributed by atoms with van der Waals surface area (Å²) in [4.78, 5) is 28.1. The van der Waals surface area contributed by atoms with Crippen LogP contribution in [0.25, 0.3) is 11.3 Å². The van der Waals surface area contributed by atoms with Crippen molar-refractivity contribution in [1.29, 1.82) is 0 Å². The van der Waals surface area contributed by atoms with Crippen LogP contribution in [0.4, 0.5) is 10.5 Å². The van der Waals surface area contributed by atoms with E-state index in [9.17, 15) is 18.0 Å². The minimum Gasteiger partial charge on any atom is -0.408 e. The van der Waals surface area contributed by atoms with Gasteiger partial charge in [0.15, 0.2) is 0 Å². The zero-order valence-electron chi connectivity index (χ0n) is 14.9. The van der Waals surface area contributed by atoms with Crippen LogP contribution in [0.5, 0.6) is 5.75 Å². The highest BCUT2D eigenvalue weighted by Gasteiger charge is 2.14. The van der Waals surface area contributed by atoms with Gasteiger partial charge in [0.2, 0.25) is 0 Å². The molecule has 0 fully saturated rings. The molecule has 8 nitrogen and oxygen atoms in total. The van der Waals surface area contributed by atoms with E-state index in [-0.39, 0.29) is 16.3 Å². The zero-order chi connectivity index (χ0) is 21.7. The van der Waals surface area contributed by atoms with Gasteiger partial charge in [-0.3, -0.25) is 9.78 Å². The van der Waals surface area contributed by atoms with Crippen LogP contribution in [-0.2, 0) is 10.5 Å². The van der Waals surface area contributed by atoms with Crippen molar-refractivity contribution in [2.75, 3.05) is 5.32 Å². The van der Waals surface area contributed by atoms with E-state index in [0.717, 1.165) is 0 Å². The Morgan fingerprint density at radius 1 is 1.00 bits per heavy atom. The molecule has 2 amide bonds. The summed E-state index contributed by atoms with van der Waals surface area (Å²) in [6, 6.07) is 14.1. The fraction of sp³-hybridized carbons (Fsp3) is 0. The Bertz CT molecular complexity index is 1260. The molecular formula is C19H11Cl2N3O5S. The second kappa shape index (κ2) is 9.49. The maximum Gasteiger partial charge on any atom is 0.454 e. The first-order valence-electron chi connectivity index (χ1n) is 8.18. The Morgan fingerprint density at radius 3 is 2.47 bits per heavy atom. The molecule has 2 aromatic carbocycles. The third kappa shape index (κ3) is 5.41. The number of hydrogen-bond acceptors (Lipinski definition) is 6. The van der Waals surface area contributed by atoms with Crippen molar-refractivity contribution < 1.29 is 22.7 Å². The number of carbonyl (C=O) groups excluding carboxylic acids is 2. The SMILES string of the molecule is O=C(N=S(=O)=O)Oc1ccc(C(=O)Nc2ccc(Cl)c(-c3ccccn3)c2)c(Cl)c1. The van der Waals surface area contributed by atoms with Gasteiger partial charge in [0.1, 0.15) is 5.75 Å². The number of nitrogens with one attached hydrogen (secondary N) is 1. The maximum absolute atomic E-state index is 12.6. The number of benzene rings is 2. The molecule has 0 radical (unpaired) electrons. The quantitative estimate of drug-likeness (QED) is 0.589. The number of hydrogen-bond donors (Lipinski definition) is 1. The molecule has 0 aliphatic heterocycles. The van der Waals surface area contributed by atoms with Gasteiger partial charge in [0, 0.05) is 23.5 Å². The molecule has 0 atom stereocenters. The van der Waals surface area contributed by atoms with Crippen molar-refractivity contribution in [3.63, 3.8) is 0 Å². The van der Waals surface area contributed by atoms with Gasteiger partial charge in [-0.2, -0.15) is 8.42 Å². The fourth-order valence-electron chi connectivity index (χ4n) is 2.44. The van der Waals surface area contributed by atoms with E-state index in [1.165, 1.54) is 18.2 Å². The Kier molecular flexibility index (Phi) is 6.78. The lowest BCUT2D eigenvalue weighted by atomic mass is 10.1. The molecule has 1 aromatic heterocycles. The molecule has 3 aromatic rings. The normalized spacial score (nSPS) is 10.2. The Morgan fingerprint density at radius 2 is 1.80 bits per heavy atom. The number of carbonyl (C=O) groups is 2. The summed E-state index contributed by atoms with van der Waals surface area (Å²) in [6.07, 6.45) is 0.299. The van der Waals surface area contributed by atoms with E-state index in [0.29, 0.717) is 22.0 Å². The summed E-state index contributed by atoms with van der Waals surface area (Å²) in [5.41, 5.74) is 1.86. The molecule has 0 spiro atoms. The lowest BCUT2D eigenvalue weighted by Gasteiger charge is -2.10. The molecule has 0 saturated heterocycles. The van der Waals surface area contributed by atoms with Crippen molar-refractivity contribution in [2.24, 2.45) is 4.36 Å². The summed E-state index contributed by atoms with van der Waals surface area (Å²) >= 11 is 12.3. The predicted octanol–water partition coefficient (Wildman–Crippen LogP) is 4.87. The van der Waals surface area contributed by atoms with E-state index in [2.05, 4.69) is 14.7 Å². The summed E-state index contributed by atoms with van der Waals surface area (Å²) in [5, 5.41) is 3.16. The molecule has 3 rings (SSSR count). The van der Waals surface area contributed by atoms with Crippen molar-refractivity contribution in [3.05, 3.63) is 76.4 Å². The number of nitrogens with zero attached hydrogens (tertiary/aromatic N) is 2. The molecule has 0 unspecified atom stereocenters. The third-order valence-corrected chi connectivity index (χ3v) is 4.64.